The highest BCUT2D eigenvalue weighted by atomic mass is 79.9. The van der Waals surface area contributed by atoms with Crippen LogP contribution in [0.4, 0.5) is 4.39 Å². The molecule has 104 valence electrons. The minimum absolute atomic E-state index is 0.0560. The second kappa shape index (κ2) is 5.71. The van der Waals surface area contributed by atoms with E-state index in [2.05, 4.69) is 20.9 Å². The number of aromatic carboxylic acids is 1. The molecular formula is C15H13BrFNO2. The number of benzene rings is 1. The van der Waals surface area contributed by atoms with Gasteiger partial charge in [0.1, 0.15) is 5.82 Å². The molecule has 0 unspecified atom stereocenters. The minimum Gasteiger partial charge on any atom is -0.478 e. The van der Waals surface area contributed by atoms with Gasteiger partial charge in [-0.05, 0) is 36.2 Å². The van der Waals surface area contributed by atoms with Gasteiger partial charge in [-0.2, -0.15) is 0 Å². The number of hydrogen-bond donors (Lipinski definition) is 1. The van der Waals surface area contributed by atoms with Crippen LogP contribution in [0.3, 0.4) is 0 Å². The molecule has 0 fully saturated rings. The maximum Gasteiger partial charge on any atom is 0.337 e. The van der Waals surface area contributed by atoms with E-state index in [9.17, 15) is 9.18 Å². The normalized spacial score (nSPS) is 10.8. The molecule has 2 aromatic rings. The molecule has 2 rings (SSSR count). The van der Waals surface area contributed by atoms with Gasteiger partial charge in [-0.3, -0.25) is 4.98 Å². The van der Waals surface area contributed by atoms with E-state index in [4.69, 9.17) is 5.11 Å². The smallest absolute Gasteiger partial charge is 0.337 e. The summed E-state index contributed by atoms with van der Waals surface area (Å²) < 4.78 is 14.6. The van der Waals surface area contributed by atoms with Crippen LogP contribution in [0.1, 0.15) is 35.8 Å². The Hall–Kier alpha value is -1.75. The molecule has 1 heterocycles. The number of nitrogens with zero attached hydrogens (tertiary/aromatic N) is 1. The van der Waals surface area contributed by atoms with Crippen LogP contribution < -0.4 is 0 Å². The zero-order valence-electron chi connectivity index (χ0n) is 11.0. The summed E-state index contributed by atoms with van der Waals surface area (Å²) in [6, 6.07) is 7.70. The Kier molecular flexibility index (Phi) is 4.18. The van der Waals surface area contributed by atoms with Crippen molar-refractivity contribution >= 4 is 21.9 Å². The first-order valence-corrected chi connectivity index (χ1v) is 6.89. The van der Waals surface area contributed by atoms with Crippen molar-refractivity contribution < 1.29 is 14.3 Å². The van der Waals surface area contributed by atoms with E-state index in [1.165, 1.54) is 18.2 Å². The fourth-order valence-electron chi connectivity index (χ4n) is 1.94. The van der Waals surface area contributed by atoms with E-state index in [1.807, 2.05) is 13.8 Å². The summed E-state index contributed by atoms with van der Waals surface area (Å²) >= 11 is 3.20. The van der Waals surface area contributed by atoms with E-state index in [0.717, 1.165) is 0 Å². The lowest BCUT2D eigenvalue weighted by Crippen LogP contribution is -2.07. The SMILES string of the molecule is CC(C)c1nc(-c2ccc(Br)cc2F)ccc1C(=O)O. The molecule has 3 nitrogen and oxygen atoms in total. The molecule has 0 aliphatic heterocycles. The summed E-state index contributed by atoms with van der Waals surface area (Å²) in [7, 11) is 0. The van der Waals surface area contributed by atoms with E-state index in [0.29, 0.717) is 21.4 Å². The summed E-state index contributed by atoms with van der Waals surface area (Å²) in [4.78, 5) is 15.5. The zero-order valence-corrected chi connectivity index (χ0v) is 12.6. The highest BCUT2D eigenvalue weighted by Gasteiger charge is 2.17. The molecule has 0 aliphatic carbocycles. The Morgan fingerprint density at radius 1 is 1.30 bits per heavy atom. The van der Waals surface area contributed by atoms with Crippen molar-refractivity contribution in [2.24, 2.45) is 0 Å². The Labute approximate surface area is 124 Å². The lowest BCUT2D eigenvalue weighted by atomic mass is 10.0. The van der Waals surface area contributed by atoms with Crippen molar-refractivity contribution in [1.29, 1.82) is 0 Å². The number of pyridine rings is 1. The molecule has 0 radical (unpaired) electrons. The van der Waals surface area contributed by atoms with E-state index in [-0.39, 0.29) is 11.5 Å². The lowest BCUT2D eigenvalue weighted by molar-refractivity contribution is 0.0694. The minimum atomic E-state index is -1.02. The van der Waals surface area contributed by atoms with Crippen LogP contribution >= 0.6 is 15.9 Å². The molecule has 0 saturated heterocycles. The van der Waals surface area contributed by atoms with Gasteiger partial charge in [-0.1, -0.05) is 29.8 Å². The Morgan fingerprint density at radius 2 is 2.00 bits per heavy atom. The summed E-state index contributed by atoms with van der Waals surface area (Å²) in [6.07, 6.45) is 0. The summed E-state index contributed by atoms with van der Waals surface area (Å²) in [5.41, 5.74) is 1.40. The van der Waals surface area contributed by atoms with Crippen molar-refractivity contribution in [2.45, 2.75) is 19.8 Å². The van der Waals surface area contributed by atoms with Gasteiger partial charge in [0.25, 0.3) is 0 Å². The van der Waals surface area contributed by atoms with Crippen molar-refractivity contribution in [2.75, 3.05) is 0 Å². The summed E-state index contributed by atoms with van der Waals surface area (Å²) in [5.74, 6) is -1.48. The van der Waals surface area contributed by atoms with Crippen LogP contribution in [0.15, 0.2) is 34.8 Å². The van der Waals surface area contributed by atoms with Gasteiger partial charge in [-0.25, -0.2) is 9.18 Å². The number of carboxylic acids is 1. The van der Waals surface area contributed by atoms with Crippen LogP contribution in [0.2, 0.25) is 0 Å². The summed E-state index contributed by atoms with van der Waals surface area (Å²) in [5, 5.41) is 9.15. The van der Waals surface area contributed by atoms with E-state index >= 15 is 0 Å². The fourth-order valence-corrected chi connectivity index (χ4v) is 2.28. The first-order chi connectivity index (χ1) is 9.40. The maximum absolute atomic E-state index is 13.9. The largest absolute Gasteiger partial charge is 0.478 e. The average Bonchev–Trinajstić information content (AvgIpc) is 2.37. The fraction of sp³-hybridized carbons (Fsp3) is 0.200. The molecule has 20 heavy (non-hydrogen) atoms. The van der Waals surface area contributed by atoms with E-state index in [1.54, 1.807) is 12.1 Å². The predicted octanol–water partition coefficient (Wildman–Crippen LogP) is 4.47. The monoisotopic (exact) mass is 337 g/mol. The molecule has 1 aromatic carbocycles. The van der Waals surface area contributed by atoms with Crippen molar-refractivity contribution in [3.63, 3.8) is 0 Å². The van der Waals surface area contributed by atoms with E-state index < -0.39 is 11.8 Å². The molecule has 0 aliphatic rings. The second-order valence-electron chi connectivity index (χ2n) is 4.71. The third kappa shape index (κ3) is 2.88. The number of carboxylic acid groups (broad SMARTS) is 1. The van der Waals surface area contributed by atoms with Crippen LogP contribution in [-0.2, 0) is 0 Å². The number of aromatic nitrogens is 1. The van der Waals surface area contributed by atoms with Gasteiger partial charge in [-0.15, -0.1) is 0 Å². The molecule has 5 heteroatoms. The van der Waals surface area contributed by atoms with Crippen LogP contribution in [0, 0.1) is 5.82 Å². The molecule has 0 spiro atoms. The molecule has 0 saturated carbocycles. The Morgan fingerprint density at radius 3 is 2.55 bits per heavy atom. The van der Waals surface area contributed by atoms with Gasteiger partial charge in [0.2, 0.25) is 0 Å². The van der Waals surface area contributed by atoms with Gasteiger partial charge in [0.15, 0.2) is 0 Å². The Bertz CT molecular complexity index is 671. The zero-order chi connectivity index (χ0) is 14.9. The second-order valence-corrected chi connectivity index (χ2v) is 5.63. The molecule has 0 amide bonds. The third-order valence-electron chi connectivity index (χ3n) is 2.91. The van der Waals surface area contributed by atoms with Gasteiger partial charge in [0, 0.05) is 10.0 Å². The number of rotatable bonds is 3. The third-order valence-corrected chi connectivity index (χ3v) is 3.40. The number of hydrogen-bond acceptors (Lipinski definition) is 2. The first kappa shape index (κ1) is 14.7. The standard InChI is InChI=1S/C15H13BrFNO2/c1-8(2)14-11(15(19)20)5-6-13(18-14)10-4-3-9(16)7-12(10)17/h3-8H,1-2H3,(H,19,20). The molecule has 1 N–H and O–H groups in total. The molecule has 0 bridgehead atoms. The van der Waals surface area contributed by atoms with Crippen molar-refractivity contribution in [3.05, 3.63) is 51.9 Å². The summed E-state index contributed by atoms with van der Waals surface area (Å²) in [6.45, 7) is 3.72. The average molecular weight is 338 g/mol. The molecular weight excluding hydrogens is 325 g/mol. The highest BCUT2D eigenvalue weighted by molar-refractivity contribution is 9.10. The quantitative estimate of drug-likeness (QED) is 0.898. The lowest BCUT2D eigenvalue weighted by Gasteiger charge is -2.11. The van der Waals surface area contributed by atoms with Gasteiger partial charge < -0.3 is 5.11 Å². The van der Waals surface area contributed by atoms with Crippen molar-refractivity contribution in [1.82, 2.24) is 4.98 Å². The van der Waals surface area contributed by atoms with Gasteiger partial charge in [0.05, 0.1) is 17.0 Å². The van der Waals surface area contributed by atoms with Crippen LogP contribution in [0.25, 0.3) is 11.3 Å². The predicted molar refractivity (Wildman–Crippen MR) is 78.4 cm³/mol. The van der Waals surface area contributed by atoms with Crippen LogP contribution in [0.5, 0.6) is 0 Å². The molecule has 1 aromatic heterocycles. The number of carbonyl (C=O) groups is 1. The Balaban J connectivity index is 2.59. The van der Waals surface area contributed by atoms with Crippen molar-refractivity contribution in [3.8, 4) is 11.3 Å². The first-order valence-electron chi connectivity index (χ1n) is 6.10. The highest BCUT2D eigenvalue weighted by Crippen LogP contribution is 2.27. The molecule has 0 atom stereocenters. The van der Waals surface area contributed by atoms with Crippen LogP contribution in [-0.4, -0.2) is 16.1 Å². The maximum atomic E-state index is 13.9. The topological polar surface area (TPSA) is 50.2 Å². The van der Waals surface area contributed by atoms with Gasteiger partial charge >= 0.3 is 5.97 Å². The number of halogens is 2.